The van der Waals surface area contributed by atoms with E-state index < -0.39 is 0 Å². The monoisotopic (exact) mass is 254 g/mol. The molecule has 0 saturated carbocycles. The molecule has 0 aliphatic carbocycles. The van der Waals surface area contributed by atoms with Crippen LogP contribution in [0.2, 0.25) is 0 Å². The lowest BCUT2D eigenvalue weighted by molar-refractivity contribution is -0.113. The number of nitrogens with one attached hydrogen (secondary N) is 2. The molecule has 2 rings (SSSR count). The summed E-state index contributed by atoms with van der Waals surface area (Å²) in [5.74, 6) is 1.43. The van der Waals surface area contributed by atoms with Gasteiger partial charge >= 0.3 is 0 Å². The molecule has 1 aliphatic rings. The first-order chi connectivity index (χ1) is 7.79. The van der Waals surface area contributed by atoms with Crippen LogP contribution in [0.3, 0.4) is 0 Å². The molecule has 1 amide bonds. The first-order valence-electron chi connectivity index (χ1n) is 5.17. The Labute approximate surface area is 105 Å². The minimum Gasteiger partial charge on any atom is -0.324 e. The van der Waals surface area contributed by atoms with Crippen molar-refractivity contribution in [1.82, 2.24) is 5.32 Å². The first-order valence-corrected chi connectivity index (χ1v) is 6.78. The third-order valence-electron chi connectivity index (χ3n) is 2.29. The molecule has 0 radical (unpaired) electrons. The van der Waals surface area contributed by atoms with Gasteiger partial charge in [-0.15, -0.1) is 11.8 Å². The molecule has 1 heterocycles. The van der Waals surface area contributed by atoms with E-state index in [0.29, 0.717) is 5.75 Å². The van der Waals surface area contributed by atoms with Gasteiger partial charge in [-0.25, -0.2) is 0 Å². The molecule has 1 aliphatic heterocycles. The number of hydrogen-bond acceptors (Lipinski definition) is 4. The van der Waals surface area contributed by atoms with E-state index in [1.807, 2.05) is 6.07 Å². The van der Waals surface area contributed by atoms with Crippen molar-refractivity contribution in [2.24, 2.45) is 0 Å². The van der Waals surface area contributed by atoms with E-state index in [1.54, 1.807) is 11.8 Å². The fourth-order valence-electron chi connectivity index (χ4n) is 1.55. The van der Waals surface area contributed by atoms with Crippen molar-refractivity contribution < 1.29 is 4.79 Å². The number of rotatable bonds is 4. The summed E-state index contributed by atoms with van der Waals surface area (Å²) in [6.45, 7) is 1.70. The molecule has 3 nitrogen and oxygen atoms in total. The van der Waals surface area contributed by atoms with Gasteiger partial charge in [0.05, 0.1) is 11.4 Å². The Morgan fingerprint density at radius 2 is 2.38 bits per heavy atom. The highest BCUT2D eigenvalue weighted by atomic mass is 32.2. The predicted octanol–water partition coefficient (Wildman–Crippen LogP) is 1.75. The molecular formula is C11H14N2OS2. The van der Waals surface area contributed by atoms with Crippen LogP contribution in [0.4, 0.5) is 5.69 Å². The van der Waals surface area contributed by atoms with Crippen LogP contribution in [0.1, 0.15) is 5.56 Å². The zero-order valence-electron chi connectivity index (χ0n) is 8.82. The topological polar surface area (TPSA) is 41.1 Å². The second kappa shape index (κ2) is 5.61. The lowest BCUT2D eigenvalue weighted by atomic mass is 10.2. The normalized spacial score (nSPS) is 14.4. The molecule has 0 fully saturated rings. The Balaban J connectivity index is 2.06. The number of thioether (sulfide) groups is 1. The van der Waals surface area contributed by atoms with E-state index in [9.17, 15) is 4.79 Å². The van der Waals surface area contributed by atoms with Crippen molar-refractivity contribution in [2.45, 2.75) is 11.4 Å². The number of thiol groups is 1. The molecule has 16 heavy (non-hydrogen) atoms. The Morgan fingerprint density at radius 3 is 3.19 bits per heavy atom. The summed E-state index contributed by atoms with van der Waals surface area (Å²) in [7, 11) is 0. The smallest absolute Gasteiger partial charge is 0.234 e. The number of carbonyl (C=O) groups excluding carboxylic acids is 1. The van der Waals surface area contributed by atoms with Gasteiger partial charge in [-0.1, -0.05) is 6.07 Å². The number of benzene rings is 1. The van der Waals surface area contributed by atoms with E-state index in [1.165, 1.54) is 5.56 Å². The Morgan fingerprint density at radius 1 is 1.50 bits per heavy atom. The Bertz CT molecular complexity index is 396. The van der Waals surface area contributed by atoms with Crippen LogP contribution >= 0.6 is 24.4 Å². The van der Waals surface area contributed by atoms with Crippen LogP contribution in [0.25, 0.3) is 0 Å². The highest BCUT2D eigenvalue weighted by Gasteiger charge is 2.14. The van der Waals surface area contributed by atoms with Crippen molar-refractivity contribution in [3.63, 3.8) is 0 Å². The number of fused-ring (bicyclic) bond motifs is 1. The fraction of sp³-hybridized carbons (Fsp3) is 0.364. The van der Waals surface area contributed by atoms with Crippen LogP contribution in [-0.2, 0) is 11.3 Å². The van der Waals surface area contributed by atoms with Gasteiger partial charge in [0.25, 0.3) is 0 Å². The van der Waals surface area contributed by atoms with Crippen LogP contribution in [0.15, 0.2) is 23.1 Å². The second-order valence-electron chi connectivity index (χ2n) is 3.57. The molecule has 0 atom stereocenters. The molecule has 0 saturated heterocycles. The van der Waals surface area contributed by atoms with E-state index in [2.05, 4.69) is 35.4 Å². The Kier molecular flexibility index (Phi) is 4.15. The summed E-state index contributed by atoms with van der Waals surface area (Å²) in [4.78, 5) is 12.4. The third kappa shape index (κ3) is 2.93. The minimum atomic E-state index is 0.0815. The average molecular weight is 254 g/mol. The van der Waals surface area contributed by atoms with E-state index in [-0.39, 0.29) is 5.91 Å². The largest absolute Gasteiger partial charge is 0.324 e. The SMILES string of the molecule is O=C1CSc2ccc(CNCCS)cc2N1. The van der Waals surface area contributed by atoms with E-state index in [4.69, 9.17) is 0 Å². The molecule has 86 valence electrons. The summed E-state index contributed by atoms with van der Waals surface area (Å²) in [5, 5.41) is 6.16. The van der Waals surface area contributed by atoms with Crippen molar-refractivity contribution in [2.75, 3.05) is 23.4 Å². The van der Waals surface area contributed by atoms with Crippen molar-refractivity contribution in [3.8, 4) is 0 Å². The number of anilines is 1. The maximum Gasteiger partial charge on any atom is 0.234 e. The predicted molar refractivity (Wildman–Crippen MR) is 71.4 cm³/mol. The van der Waals surface area contributed by atoms with E-state index in [0.717, 1.165) is 29.4 Å². The molecule has 1 aromatic carbocycles. The van der Waals surface area contributed by atoms with Crippen LogP contribution in [-0.4, -0.2) is 24.0 Å². The maximum atomic E-state index is 11.2. The molecule has 0 aromatic heterocycles. The first kappa shape index (κ1) is 11.8. The van der Waals surface area contributed by atoms with E-state index >= 15 is 0 Å². The van der Waals surface area contributed by atoms with Crippen LogP contribution in [0.5, 0.6) is 0 Å². The Hall–Kier alpha value is -0.650. The molecule has 1 aromatic rings. The summed E-state index contributed by atoms with van der Waals surface area (Å²) in [6.07, 6.45) is 0. The molecular weight excluding hydrogens is 240 g/mol. The number of carbonyl (C=O) groups is 1. The van der Waals surface area contributed by atoms with Crippen molar-refractivity contribution >= 4 is 36.0 Å². The summed E-state index contributed by atoms with van der Waals surface area (Å²) < 4.78 is 0. The molecule has 2 N–H and O–H groups in total. The van der Waals surface area contributed by atoms with Crippen LogP contribution < -0.4 is 10.6 Å². The van der Waals surface area contributed by atoms with Gasteiger partial charge in [0, 0.05) is 23.7 Å². The second-order valence-corrected chi connectivity index (χ2v) is 5.03. The van der Waals surface area contributed by atoms with Crippen molar-refractivity contribution in [3.05, 3.63) is 23.8 Å². The van der Waals surface area contributed by atoms with Crippen molar-refractivity contribution in [1.29, 1.82) is 0 Å². The summed E-state index contributed by atoms with van der Waals surface area (Å²) >= 11 is 5.72. The average Bonchev–Trinajstić information content (AvgIpc) is 2.29. The van der Waals surface area contributed by atoms with Crippen LogP contribution in [0, 0.1) is 0 Å². The van der Waals surface area contributed by atoms with Gasteiger partial charge in [0.15, 0.2) is 0 Å². The van der Waals surface area contributed by atoms with Gasteiger partial charge in [0.2, 0.25) is 5.91 Å². The minimum absolute atomic E-state index is 0.0815. The third-order valence-corrected chi connectivity index (χ3v) is 3.59. The highest BCUT2D eigenvalue weighted by molar-refractivity contribution is 8.00. The number of hydrogen-bond donors (Lipinski definition) is 3. The maximum absolute atomic E-state index is 11.2. The highest BCUT2D eigenvalue weighted by Crippen LogP contribution is 2.31. The zero-order chi connectivity index (χ0) is 11.4. The van der Waals surface area contributed by atoms with Gasteiger partial charge < -0.3 is 10.6 Å². The fourth-order valence-corrected chi connectivity index (χ4v) is 2.50. The molecule has 0 unspecified atom stereocenters. The summed E-state index contributed by atoms with van der Waals surface area (Å²) in [6, 6.07) is 6.19. The summed E-state index contributed by atoms with van der Waals surface area (Å²) in [5.41, 5.74) is 2.12. The van der Waals surface area contributed by atoms with Gasteiger partial charge in [-0.05, 0) is 17.7 Å². The van der Waals surface area contributed by atoms with Gasteiger partial charge in [-0.2, -0.15) is 12.6 Å². The molecule has 0 bridgehead atoms. The quantitative estimate of drug-likeness (QED) is 0.566. The molecule has 0 spiro atoms. The number of amides is 1. The molecule has 5 heteroatoms. The standard InChI is InChI=1S/C11H14N2OS2/c14-11-7-16-10-2-1-8(5-9(10)13-11)6-12-3-4-15/h1-2,5,12,15H,3-4,6-7H2,(H,13,14). The zero-order valence-corrected chi connectivity index (χ0v) is 10.5. The van der Waals surface area contributed by atoms with Gasteiger partial charge in [-0.3, -0.25) is 4.79 Å². The van der Waals surface area contributed by atoms with Gasteiger partial charge in [0.1, 0.15) is 0 Å². The lowest BCUT2D eigenvalue weighted by Crippen LogP contribution is -2.20. The lowest BCUT2D eigenvalue weighted by Gasteiger charge is -2.17.